The molecule has 0 aliphatic heterocycles. The predicted octanol–water partition coefficient (Wildman–Crippen LogP) is 3.58. The fraction of sp³-hybridized carbons (Fsp3) is 0.364. The Kier molecular flexibility index (Phi) is 9.03. The first-order valence-corrected chi connectivity index (χ1v) is 11.8. The smallest absolute Gasteiger partial charge is 0.307 e. The van der Waals surface area contributed by atoms with Crippen molar-refractivity contribution in [3.63, 3.8) is 0 Å². The number of amides is 1. The molecular weight excluding hydrogens is 440 g/mol. The summed E-state index contributed by atoms with van der Waals surface area (Å²) >= 11 is 6.28. The Morgan fingerprint density at radius 1 is 1.03 bits per heavy atom. The van der Waals surface area contributed by atoms with Crippen LogP contribution in [-0.2, 0) is 26.1 Å². The Morgan fingerprint density at radius 3 is 2.26 bits per heavy atom. The Balaban J connectivity index is 2.41. The van der Waals surface area contributed by atoms with Gasteiger partial charge in [-0.05, 0) is 23.8 Å². The molecule has 0 fully saturated rings. The van der Waals surface area contributed by atoms with Gasteiger partial charge in [-0.15, -0.1) is 0 Å². The summed E-state index contributed by atoms with van der Waals surface area (Å²) in [5.41, 5.74) is 0.930. The molecule has 0 aliphatic rings. The summed E-state index contributed by atoms with van der Waals surface area (Å²) in [6.07, 6.45) is 0.00410. The van der Waals surface area contributed by atoms with Crippen molar-refractivity contribution in [2.45, 2.75) is 31.7 Å². The van der Waals surface area contributed by atoms with E-state index < -0.39 is 21.9 Å². The van der Waals surface area contributed by atoms with E-state index in [1.54, 1.807) is 13.8 Å². The number of sulfonamides is 1. The summed E-state index contributed by atoms with van der Waals surface area (Å²) in [7, 11) is -2.48. The first-order valence-electron chi connectivity index (χ1n) is 9.94. The van der Waals surface area contributed by atoms with Crippen LogP contribution in [0.5, 0.6) is 0 Å². The van der Waals surface area contributed by atoms with Crippen molar-refractivity contribution in [1.29, 1.82) is 0 Å². The Hall–Kier alpha value is -2.42. The molecule has 2 aromatic rings. The van der Waals surface area contributed by atoms with Crippen molar-refractivity contribution in [2.24, 2.45) is 0 Å². The third-order valence-corrected chi connectivity index (χ3v) is 7.20. The molecule has 0 N–H and O–H groups in total. The number of halogens is 1. The van der Waals surface area contributed by atoms with Crippen molar-refractivity contribution in [2.75, 3.05) is 26.7 Å². The predicted molar refractivity (Wildman–Crippen MR) is 119 cm³/mol. The first-order chi connectivity index (χ1) is 14.7. The van der Waals surface area contributed by atoms with Gasteiger partial charge in [0.05, 0.1) is 29.0 Å². The van der Waals surface area contributed by atoms with Crippen molar-refractivity contribution >= 4 is 33.5 Å². The van der Waals surface area contributed by atoms with Crippen LogP contribution in [0.1, 0.15) is 36.2 Å². The van der Waals surface area contributed by atoms with Crippen LogP contribution in [0.15, 0.2) is 53.4 Å². The lowest BCUT2D eigenvalue weighted by molar-refractivity contribution is -0.140. The number of nitrogens with zero attached hydrogens (tertiary/aromatic N) is 2. The summed E-state index contributed by atoms with van der Waals surface area (Å²) in [6.45, 7) is 4.45. The van der Waals surface area contributed by atoms with E-state index in [1.807, 2.05) is 30.3 Å². The minimum absolute atomic E-state index is 0.00317. The second kappa shape index (κ2) is 11.3. The molecule has 9 heteroatoms. The van der Waals surface area contributed by atoms with Crippen LogP contribution in [0, 0.1) is 0 Å². The number of hydrogen-bond donors (Lipinski definition) is 0. The van der Waals surface area contributed by atoms with Gasteiger partial charge in [-0.2, -0.15) is 4.31 Å². The maximum absolute atomic E-state index is 13.3. The van der Waals surface area contributed by atoms with Gasteiger partial charge in [0.2, 0.25) is 10.0 Å². The lowest BCUT2D eigenvalue weighted by atomic mass is 10.1. The molecule has 0 aliphatic carbocycles. The van der Waals surface area contributed by atoms with Crippen LogP contribution < -0.4 is 0 Å². The maximum Gasteiger partial charge on any atom is 0.307 e. The fourth-order valence-corrected chi connectivity index (χ4v) is 4.78. The highest BCUT2D eigenvalue weighted by molar-refractivity contribution is 7.89. The molecule has 168 valence electrons. The van der Waals surface area contributed by atoms with E-state index in [1.165, 1.54) is 34.5 Å². The number of rotatable bonds is 10. The largest absolute Gasteiger partial charge is 0.469 e. The maximum atomic E-state index is 13.3. The minimum Gasteiger partial charge on any atom is -0.469 e. The minimum atomic E-state index is -3.76. The van der Waals surface area contributed by atoms with Crippen LogP contribution in [0.3, 0.4) is 0 Å². The molecular formula is C22H27ClN2O5S. The van der Waals surface area contributed by atoms with E-state index in [-0.39, 0.29) is 35.0 Å². The van der Waals surface area contributed by atoms with Crippen molar-refractivity contribution < 1.29 is 22.7 Å². The van der Waals surface area contributed by atoms with Crippen LogP contribution in [0.4, 0.5) is 0 Å². The van der Waals surface area contributed by atoms with Crippen LogP contribution in [-0.4, -0.2) is 56.2 Å². The molecule has 1 amide bonds. The zero-order chi connectivity index (χ0) is 23.0. The molecule has 0 atom stereocenters. The van der Waals surface area contributed by atoms with Gasteiger partial charge < -0.3 is 9.64 Å². The molecule has 0 unspecified atom stereocenters. The van der Waals surface area contributed by atoms with Gasteiger partial charge in [0.15, 0.2) is 0 Å². The standard InChI is InChI=1S/C22H27ClN2O5S/c1-4-25(5-2)31(28,29)18-11-12-20(23)19(15-18)22(27)24(14-13-21(26)30-3)16-17-9-7-6-8-10-17/h6-12,15H,4-5,13-14,16H2,1-3H3. The second-order valence-electron chi connectivity index (χ2n) is 6.77. The van der Waals surface area contributed by atoms with Gasteiger partial charge in [-0.1, -0.05) is 55.8 Å². The fourth-order valence-electron chi connectivity index (χ4n) is 3.10. The number of benzene rings is 2. The van der Waals surface area contributed by atoms with Crippen LogP contribution >= 0.6 is 11.6 Å². The average molecular weight is 467 g/mol. The highest BCUT2D eigenvalue weighted by Gasteiger charge is 2.26. The summed E-state index contributed by atoms with van der Waals surface area (Å²) in [5.74, 6) is -0.913. The zero-order valence-electron chi connectivity index (χ0n) is 17.9. The lowest BCUT2D eigenvalue weighted by Gasteiger charge is -2.24. The number of carbonyl (C=O) groups is 2. The Labute approximate surface area is 188 Å². The van der Waals surface area contributed by atoms with Gasteiger partial charge in [0, 0.05) is 26.2 Å². The van der Waals surface area contributed by atoms with E-state index >= 15 is 0 Å². The van der Waals surface area contributed by atoms with Gasteiger partial charge in [0.1, 0.15) is 0 Å². The number of esters is 1. The molecule has 0 saturated carbocycles. The lowest BCUT2D eigenvalue weighted by Crippen LogP contribution is -2.34. The first kappa shape index (κ1) is 24.8. The van der Waals surface area contributed by atoms with Gasteiger partial charge in [0.25, 0.3) is 5.91 Å². The highest BCUT2D eigenvalue weighted by atomic mass is 35.5. The van der Waals surface area contributed by atoms with Gasteiger partial charge >= 0.3 is 5.97 Å². The quantitative estimate of drug-likeness (QED) is 0.500. The summed E-state index contributed by atoms with van der Waals surface area (Å²) in [5, 5.41) is 0.139. The van der Waals surface area contributed by atoms with Crippen molar-refractivity contribution in [3.05, 3.63) is 64.7 Å². The van der Waals surface area contributed by atoms with Gasteiger partial charge in [-0.3, -0.25) is 9.59 Å². The molecule has 2 rings (SSSR count). The van der Waals surface area contributed by atoms with E-state index in [4.69, 9.17) is 11.6 Å². The summed E-state index contributed by atoms with van der Waals surface area (Å²) < 4.78 is 31.8. The second-order valence-corrected chi connectivity index (χ2v) is 9.11. The Morgan fingerprint density at radius 2 is 1.68 bits per heavy atom. The molecule has 0 aromatic heterocycles. The van der Waals surface area contributed by atoms with E-state index in [0.29, 0.717) is 13.1 Å². The van der Waals surface area contributed by atoms with Crippen LogP contribution in [0.25, 0.3) is 0 Å². The molecule has 31 heavy (non-hydrogen) atoms. The monoisotopic (exact) mass is 466 g/mol. The van der Waals surface area contributed by atoms with Crippen LogP contribution in [0.2, 0.25) is 5.02 Å². The van der Waals surface area contributed by atoms with E-state index in [2.05, 4.69) is 4.74 Å². The van der Waals surface area contributed by atoms with Crippen molar-refractivity contribution in [3.8, 4) is 0 Å². The molecule has 0 spiro atoms. The Bertz CT molecular complexity index is 1010. The molecule has 2 aromatic carbocycles. The van der Waals surface area contributed by atoms with Crippen molar-refractivity contribution in [1.82, 2.24) is 9.21 Å². The molecule has 0 heterocycles. The third kappa shape index (κ3) is 6.29. The topological polar surface area (TPSA) is 84.0 Å². The molecule has 7 nitrogen and oxygen atoms in total. The normalized spacial score (nSPS) is 11.4. The SMILES string of the molecule is CCN(CC)S(=O)(=O)c1ccc(Cl)c(C(=O)N(CCC(=O)OC)Cc2ccccc2)c1. The third-order valence-electron chi connectivity index (χ3n) is 4.83. The number of carbonyl (C=O) groups excluding carboxylic acids is 2. The summed E-state index contributed by atoms with van der Waals surface area (Å²) in [4.78, 5) is 26.4. The molecule has 0 saturated heterocycles. The average Bonchev–Trinajstić information content (AvgIpc) is 2.77. The number of hydrogen-bond acceptors (Lipinski definition) is 5. The number of ether oxygens (including phenoxy) is 1. The summed E-state index contributed by atoms with van der Waals surface area (Å²) in [6, 6.07) is 13.4. The zero-order valence-corrected chi connectivity index (χ0v) is 19.4. The molecule has 0 bridgehead atoms. The number of methoxy groups -OCH3 is 1. The van der Waals surface area contributed by atoms with Gasteiger partial charge in [-0.25, -0.2) is 8.42 Å². The molecule has 0 radical (unpaired) electrons. The van der Waals surface area contributed by atoms with E-state index in [0.717, 1.165) is 5.56 Å². The van der Waals surface area contributed by atoms with E-state index in [9.17, 15) is 18.0 Å². The highest BCUT2D eigenvalue weighted by Crippen LogP contribution is 2.25.